The van der Waals surface area contributed by atoms with Gasteiger partial charge < -0.3 is 19.4 Å². The molecule has 0 saturated carbocycles. The SMILES string of the molecule is CCCCc1oc2ccccc2c1C(=O)N1CCC(OCCCN2CCCNC(=O)C2CC)CC1. The van der Waals surface area contributed by atoms with Crippen molar-refractivity contribution in [1.29, 1.82) is 0 Å². The van der Waals surface area contributed by atoms with Gasteiger partial charge in [-0.25, -0.2) is 0 Å². The average Bonchev–Trinajstić information content (AvgIpc) is 3.15. The maximum Gasteiger partial charge on any atom is 0.258 e. The third-order valence-electron chi connectivity index (χ3n) is 7.36. The highest BCUT2D eigenvalue weighted by Crippen LogP contribution is 2.29. The van der Waals surface area contributed by atoms with Gasteiger partial charge in [0.15, 0.2) is 0 Å². The summed E-state index contributed by atoms with van der Waals surface area (Å²) in [5.41, 5.74) is 1.55. The van der Waals surface area contributed by atoms with Crippen LogP contribution in [0.3, 0.4) is 0 Å². The van der Waals surface area contributed by atoms with Crippen molar-refractivity contribution in [2.75, 3.05) is 39.3 Å². The maximum absolute atomic E-state index is 13.5. The molecule has 7 heteroatoms. The van der Waals surface area contributed by atoms with Crippen LogP contribution in [0.1, 0.15) is 74.9 Å². The molecule has 1 aromatic heterocycles. The van der Waals surface area contributed by atoms with E-state index in [1.54, 1.807) is 0 Å². The minimum Gasteiger partial charge on any atom is -0.460 e. The largest absolute Gasteiger partial charge is 0.460 e. The van der Waals surface area contributed by atoms with Gasteiger partial charge in [-0.1, -0.05) is 38.5 Å². The highest BCUT2D eigenvalue weighted by atomic mass is 16.5. The van der Waals surface area contributed by atoms with Gasteiger partial charge in [0, 0.05) is 51.1 Å². The first kappa shape index (κ1) is 25.7. The van der Waals surface area contributed by atoms with Gasteiger partial charge in [-0.2, -0.15) is 0 Å². The van der Waals surface area contributed by atoms with Gasteiger partial charge in [-0.15, -0.1) is 0 Å². The molecule has 3 heterocycles. The fourth-order valence-corrected chi connectivity index (χ4v) is 5.39. The van der Waals surface area contributed by atoms with Crippen LogP contribution in [-0.2, 0) is 16.0 Å². The molecular formula is C28H41N3O4. The summed E-state index contributed by atoms with van der Waals surface area (Å²) < 4.78 is 12.3. The van der Waals surface area contributed by atoms with Gasteiger partial charge in [-0.05, 0) is 44.6 Å². The summed E-state index contributed by atoms with van der Waals surface area (Å²) in [5.74, 6) is 1.07. The number of nitrogens with one attached hydrogen (secondary N) is 1. The molecule has 192 valence electrons. The number of carbonyl (C=O) groups is 2. The van der Waals surface area contributed by atoms with E-state index in [1.807, 2.05) is 29.2 Å². The van der Waals surface area contributed by atoms with E-state index in [0.717, 1.165) is 93.3 Å². The van der Waals surface area contributed by atoms with Crippen LogP contribution in [0, 0.1) is 0 Å². The molecule has 2 aliphatic rings. The van der Waals surface area contributed by atoms with Crippen LogP contribution in [0.25, 0.3) is 11.0 Å². The average molecular weight is 484 g/mol. The second-order valence-electron chi connectivity index (χ2n) is 9.82. The summed E-state index contributed by atoms with van der Waals surface area (Å²) in [6, 6.07) is 7.85. The molecule has 4 rings (SSSR count). The molecule has 2 saturated heterocycles. The molecule has 1 N–H and O–H groups in total. The van der Waals surface area contributed by atoms with Gasteiger partial charge in [0.2, 0.25) is 5.91 Å². The number of likely N-dealkylation sites (tertiary alicyclic amines) is 1. The zero-order valence-electron chi connectivity index (χ0n) is 21.4. The van der Waals surface area contributed by atoms with E-state index in [9.17, 15) is 9.59 Å². The van der Waals surface area contributed by atoms with Gasteiger partial charge in [0.1, 0.15) is 11.3 Å². The Balaban J connectivity index is 1.26. The Morgan fingerprint density at radius 1 is 1.14 bits per heavy atom. The number of nitrogens with zero attached hydrogens (tertiary/aromatic N) is 2. The van der Waals surface area contributed by atoms with E-state index < -0.39 is 0 Å². The lowest BCUT2D eigenvalue weighted by molar-refractivity contribution is -0.125. The monoisotopic (exact) mass is 483 g/mol. The quantitative estimate of drug-likeness (QED) is 0.508. The Bertz CT molecular complexity index is 980. The lowest BCUT2D eigenvalue weighted by Gasteiger charge is -2.32. The van der Waals surface area contributed by atoms with Crippen LogP contribution in [0.5, 0.6) is 0 Å². The van der Waals surface area contributed by atoms with Crippen molar-refractivity contribution in [2.24, 2.45) is 0 Å². The maximum atomic E-state index is 13.5. The highest BCUT2D eigenvalue weighted by molar-refractivity contribution is 6.07. The number of amides is 2. The van der Waals surface area contributed by atoms with E-state index >= 15 is 0 Å². The number of piperidine rings is 1. The van der Waals surface area contributed by atoms with Crippen molar-refractivity contribution in [3.05, 3.63) is 35.6 Å². The summed E-state index contributed by atoms with van der Waals surface area (Å²) in [6.45, 7) is 8.96. The van der Waals surface area contributed by atoms with Crippen LogP contribution in [0.4, 0.5) is 0 Å². The minimum atomic E-state index is -0.0204. The number of hydrogen-bond acceptors (Lipinski definition) is 5. The molecule has 35 heavy (non-hydrogen) atoms. The number of unbranched alkanes of at least 4 members (excludes halogenated alkanes) is 1. The first-order valence-corrected chi connectivity index (χ1v) is 13.5. The molecule has 2 aromatic rings. The predicted octanol–water partition coefficient (Wildman–Crippen LogP) is 4.39. The summed E-state index contributed by atoms with van der Waals surface area (Å²) in [5, 5.41) is 3.94. The van der Waals surface area contributed by atoms with Crippen LogP contribution in [-0.4, -0.2) is 73.1 Å². The van der Waals surface area contributed by atoms with Gasteiger partial charge in [0.25, 0.3) is 5.91 Å². The topological polar surface area (TPSA) is 75.0 Å². The number of aryl methyl sites for hydroxylation is 1. The van der Waals surface area contributed by atoms with Crippen LogP contribution < -0.4 is 5.32 Å². The number of hydrogen-bond donors (Lipinski definition) is 1. The summed E-state index contributed by atoms with van der Waals surface area (Å²) >= 11 is 0. The van der Waals surface area contributed by atoms with Crippen LogP contribution in [0.15, 0.2) is 28.7 Å². The molecule has 0 aliphatic carbocycles. The number of benzene rings is 1. The third-order valence-corrected chi connectivity index (χ3v) is 7.36. The van der Waals surface area contributed by atoms with Gasteiger partial charge >= 0.3 is 0 Å². The smallest absolute Gasteiger partial charge is 0.258 e. The van der Waals surface area contributed by atoms with Crippen molar-refractivity contribution in [3.8, 4) is 0 Å². The van der Waals surface area contributed by atoms with Gasteiger partial charge in [0.05, 0.1) is 17.7 Å². The predicted molar refractivity (Wildman–Crippen MR) is 138 cm³/mol. The first-order chi connectivity index (χ1) is 17.1. The molecule has 0 spiro atoms. The number of furan rings is 1. The minimum absolute atomic E-state index is 0.0204. The van der Waals surface area contributed by atoms with E-state index in [0.29, 0.717) is 19.7 Å². The van der Waals surface area contributed by atoms with E-state index in [4.69, 9.17) is 9.15 Å². The number of carbonyl (C=O) groups excluding carboxylic acids is 2. The Labute approximate surface area is 209 Å². The fourth-order valence-electron chi connectivity index (χ4n) is 5.39. The van der Waals surface area contributed by atoms with Crippen molar-refractivity contribution in [3.63, 3.8) is 0 Å². The van der Waals surface area contributed by atoms with Crippen molar-refractivity contribution >= 4 is 22.8 Å². The lowest BCUT2D eigenvalue weighted by atomic mass is 10.0. The van der Waals surface area contributed by atoms with Crippen molar-refractivity contribution in [2.45, 2.75) is 77.4 Å². The number of para-hydroxylation sites is 1. The van der Waals surface area contributed by atoms with E-state index in [-0.39, 0.29) is 24.0 Å². The standard InChI is InChI=1S/C28H41N3O4/c1-3-5-11-25-26(22-10-6-7-12-24(22)35-25)28(33)31-18-13-21(14-19-31)34-20-9-17-30-16-8-15-29-27(32)23(30)4-2/h6-7,10,12,21,23H,3-5,8-9,11,13-20H2,1-2H3,(H,29,32). The molecule has 7 nitrogen and oxygen atoms in total. The van der Waals surface area contributed by atoms with E-state index in [1.165, 1.54) is 0 Å². The summed E-state index contributed by atoms with van der Waals surface area (Å²) in [6.07, 6.45) is 7.54. The van der Waals surface area contributed by atoms with Crippen molar-refractivity contribution < 1.29 is 18.7 Å². The molecule has 1 atom stereocenters. The highest BCUT2D eigenvalue weighted by Gasteiger charge is 2.29. The molecule has 2 fully saturated rings. The molecule has 1 unspecified atom stereocenters. The molecule has 1 aromatic carbocycles. The Kier molecular flexibility index (Phi) is 9.21. The lowest BCUT2D eigenvalue weighted by Crippen LogP contribution is -2.44. The zero-order valence-corrected chi connectivity index (χ0v) is 21.4. The van der Waals surface area contributed by atoms with Crippen LogP contribution in [0.2, 0.25) is 0 Å². The molecule has 2 aliphatic heterocycles. The molecule has 0 bridgehead atoms. The van der Waals surface area contributed by atoms with Crippen molar-refractivity contribution in [1.82, 2.24) is 15.1 Å². The molecule has 0 radical (unpaired) electrons. The third kappa shape index (κ3) is 6.25. The Morgan fingerprint density at radius 2 is 1.94 bits per heavy atom. The Hall–Kier alpha value is -2.38. The molecule has 2 amide bonds. The number of fused-ring (bicyclic) bond motifs is 1. The van der Waals surface area contributed by atoms with Crippen LogP contribution >= 0.6 is 0 Å². The number of rotatable bonds is 10. The van der Waals surface area contributed by atoms with Gasteiger partial charge in [-0.3, -0.25) is 14.5 Å². The molecular weight excluding hydrogens is 442 g/mol. The zero-order chi connectivity index (χ0) is 24.6. The van der Waals surface area contributed by atoms with E-state index in [2.05, 4.69) is 24.1 Å². The normalized spacial score (nSPS) is 20.2. The summed E-state index contributed by atoms with van der Waals surface area (Å²) in [7, 11) is 0. The second kappa shape index (κ2) is 12.5. The fraction of sp³-hybridized carbons (Fsp3) is 0.643. The Morgan fingerprint density at radius 3 is 2.71 bits per heavy atom. The first-order valence-electron chi connectivity index (χ1n) is 13.5. The summed E-state index contributed by atoms with van der Waals surface area (Å²) in [4.78, 5) is 30.0. The second-order valence-corrected chi connectivity index (χ2v) is 9.82. The number of ether oxygens (including phenoxy) is 1.